The number of hydrogen-bond donors (Lipinski definition) is 0. The van der Waals surface area contributed by atoms with Gasteiger partial charge in [-0.1, -0.05) is 50.2 Å². The third-order valence-corrected chi connectivity index (χ3v) is 8.55. The van der Waals surface area contributed by atoms with E-state index in [-0.39, 0.29) is 11.3 Å². The molecule has 39 heavy (non-hydrogen) atoms. The van der Waals surface area contributed by atoms with Crippen LogP contribution in [0.15, 0.2) is 35.1 Å². The maximum Gasteiger partial charge on any atom is 0.272 e. The lowest BCUT2D eigenvalue weighted by Crippen LogP contribution is -2.49. The topological polar surface area (TPSA) is 88.3 Å². The Kier molecular flexibility index (Phi) is 8.12. The van der Waals surface area contributed by atoms with Crippen LogP contribution in [0.4, 0.5) is 0 Å². The van der Waals surface area contributed by atoms with Gasteiger partial charge in [-0.15, -0.1) is 0 Å². The Labute approximate surface area is 232 Å². The summed E-state index contributed by atoms with van der Waals surface area (Å²) in [5.74, 6) is 1.89. The Morgan fingerprint density at radius 2 is 1.64 bits per heavy atom. The molecule has 4 heterocycles. The fraction of sp³-hybridized carbons (Fsp3) is 0.581. The van der Waals surface area contributed by atoms with Gasteiger partial charge >= 0.3 is 0 Å². The van der Waals surface area contributed by atoms with Crippen molar-refractivity contribution in [1.82, 2.24) is 29.9 Å². The normalized spacial score (nSPS) is 18.0. The fourth-order valence-corrected chi connectivity index (χ4v) is 5.96. The second-order valence-corrected chi connectivity index (χ2v) is 12.3. The third kappa shape index (κ3) is 6.38. The summed E-state index contributed by atoms with van der Waals surface area (Å²) >= 11 is 0. The highest BCUT2D eigenvalue weighted by atomic mass is 16.5. The highest BCUT2D eigenvalue weighted by Gasteiger charge is 2.32. The van der Waals surface area contributed by atoms with E-state index >= 15 is 0 Å². The van der Waals surface area contributed by atoms with Gasteiger partial charge in [0.15, 0.2) is 5.82 Å². The summed E-state index contributed by atoms with van der Waals surface area (Å²) < 4.78 is 5.40. The van der Waals surface area contributed by atoms with E-state index in [1.165, 1.54) is 11.1 Å². The van der Waals surface area contributed by atoms with Crippen LogP contribution in [0.3, 0.4) is 0 Å². The molecule has 1 aromatic carbocycles. The van der Waals surface area contributed by atoms with Crippen LogP contribution in [0.2, 0.25) is 0 Å². The predicted octanol–water partition coefficient (Wildman–Crippen LogP) is 5.04. The van der Waals surface area contributed by atoms with Crippen LogP contribution in [-0.4, -0.2) is 68.0 Å². The molecule has 2 aromatic heterocycles. The first-order chi connectivity index (χ1) is 18.7. The van der Waals surface area contributed by atoms with Crippen LogP contribution in [0.1, 0.15) is 97.0 Å². The van der Waals surface area contributed by atoms with Crippen LogP contribution in [0.5, 0.6) is 0 Å². The van der Waals surface area contributed by atoms with E-state index in [4.69, 9.17) is 4.52 Å². The third-order valence-electron chi connectivity index (χ3n) is 8.55. The lowest BCUT2D eigenvalue weighted by molar-refractivity contribution is 0.0563. The molecule has 0 spiro atoms. The molecule has 0 atom stereocenters. The lowest BCUT2D eigenvalue weighted by Gasteiger charge is -2.41. The number of benzene rings is 1. The summed E-state index contributed by atoms with van der Waals surface area (Å²) in [6.07, 6.45) is 7.33. The number of hydrogen-bond acceptors (Lipinski definition) is 7. The Bertz CT molecular complexity index is 1260. The zero-order valence-corrected chi connectivity index (χ0v) is 24.1. The molecule has 5 rings (SSSR count). The minimum atomic E-state index is 0.0367. The van der Waals surface area contributed by atoms with Crippen LogP contribution in [0, 0.1) is 13.8 Å². The molecule has 0 aliphatic carbocycles. The van der Waals surface area contributed by atoms with E-state index in [0.29, 0.717) is 23.5 Å². The van der Waals surface area contributed by atoms with Crippen molar-refractivity contribution in [1.29, 1.82) is 0 Å². The minimum Gasteiger partial charge on any atom is -0.339 e. The molecule has 2 aliphatic heterocycles. The molecule has 0 saturated carbocycles. The second kappa shape index (κ2) is 11.5. The quantitative estimate of drug-likeness (QED) is 0.441. The molecule has 1 amide bonds. The molecule has 2 saturated heterocycles. The summed E-state index contributed by atoms with van der Waals surface area (Å²) in [4.78, 5) is 31.4. The molecule has 208 valence electrons. The number of rotatable bonds is 6. The first kappa shape index (κ1) is 27.4. The lowest BCUT2D eigenvalue weighted by atomic mass is 9.86. The van der Waals surface area contributed by atoms with Gasteiger partial charge in [0, 0.05) is 36.3 Å². The smallest absolute Gasteiger partial charge is 0.272 e. The van der Waals surface area contributed by atoms with Crippen LogP contribution < -0.4 is 0 Å². The van der Waals surface area contributed by atoms with Crippen LogP contribution in [-0.2, 0) is 18.3 Å². The van der Waals surface area contributed by atoms with Gasteiger partial charge < -0.3 is 14.3 Å². The summed E-state index contributed by atoms with van der Waals surface area (Å²) in [7, 11) is 0. The van der Waals surface area contributed by atoms with E-state index in [0.717, 1.165) is 81.9 Å². The molecular formula is C31H42N6O2. The predicted molar refractivity (Wildman–Crippen MR) is 151 cm³/mol. The van der Waals surface area contributed by atoms with Crippen molar-refractivity contribution in [2.75, 3.05) is 26.2 Å². The van der Waals surface area contributed by atoms with Crippen LogP contribution >= 0.6 is 0 Å². The molecule has 0 bridgehead atoms. The fourth-order valence-electron chi connectivity index (χ4n) is 5.96. The molecule has 8 heteroatoms. The van der Waals surface area contributed by atoms with Crippen LogP contribution in [0.25, 0.3) is 0 Å². The zero-order chi connectivity index (χ0) is 27.6. The van der Waals surface area contributed by atoms with Crippen molar-refractivity contribution >= 4 is 5.91 Å². The van der Waals surface area contributed by atoms with E-state index < -0.39 is 0 Å². The van der Waals surface area contributed by atoms with Gasteiger partial charge in [-0.2, -0.15) is 4.98 Å². The summed E-state index contributed by atoms with van der Waals surface area (Å²) in [6.45, 7) is 14.2. The Morgan fingerprint density at radius 1 is 0.949 bits per heavy atom. The molecule has 8 nitrogen and oxygen atoms in total. The average molecular weight is 531 g/mol. The van der Waals surface area contributed by atoms with Gasteiger partial charge in [0.05, 0.1) is 0 Å². The number of nitrogens with zero attached hydrogens (tertiary/aromatic N) is 6. The Morgan fingerprint density at radius 3 is 2.26 bits per heavy atom. The molecular weight excluding hydrogens is 488 g/mol. The molecule has 0 radical (unpaired) electrons. The SMILES string of the molecule is Cc1noc(C2CCN(C3CCN(C(=O)c4ncnc(CCc5ccc(C(C)(C)C)cc5)c4C)CC3)CC2)n1. The maximum atomic E-state index is 13.5. The number of carbonyl (C=O) groups excluding carboxylic acids is 1. The zero-order valence-electron chi connectivity index (χ0n) is 24.1. The van der Waals surface area contributed by atoms with Crippen molar-refractivity contribution in [3.05, 3.63) is 70.4 Å². The summed E-state index contributed by atoms with van der Waals surface area (Å²) in [6, 6.07) is 9.38. The van der Waals surface area contributed by atoms with E-state index in [1.807, 2.05) is 18.7 Å². The first-order valence-corrected chi connectivity index (χ1v) is 14.4. The molecule has 0 unspecified atom stereocenters. The standard InChI is InChI=1S/C31H42N6O2/c1-21-27(11-8-23-6-9-25(10-7-23)31(3,4)5)32-20-33-28(21)30(38)37-18-14-26(15-19-37)36-16-12-24(13-17-36)29-34-22(2)35-39-29/h6-7,9-10,20,24,26H,8,11-19H2,1-5H3. The highest BCUT2D eigenvalue weighted by molar-refractivity contribution is 5.93. The van der Waals surface area contributed by atoms with E-state index in [1.54, 1.807) is 6.33 Å². The van der Waals surface area contributed by atoms with E-state index in [9.17, 15) is 4.79 Å². The maximum absolute atomic E-state index is 13.5. The molecule has 3 aromatic rings. The summed E-state index contributed by atoms with van der Waals surface area (Å²) in [5, 5.41) is 3.95. The second-order valence-electron chi connectivity index (χ2n) is 12.3. The highest BCUT2D eigenvalue weighted by Crippen LogP contribution is 2.30. The van der Waals surface area contributed by atoms with Gasteiger partial charge in [-0.25, -0.2) is 9.97 Å². The molecule has 0 N–H and O–H groups in total. The monoisotopic (exact) mass is 530 g/mol. The van der Waals surface area contributed by atoms with Gasteiger partial charge in [0.25, 0.3) is 5.91 Å². The van der Waals surface area contributed by atoms with Crippen molar-refractivity contribution in [2.24, 2.45) is 0 Å². The average Bonchev–Trinajstić information content (AvgIpc) is 3.38. The summed E-state index contributed by atoms with van der Waals surface area (Å²) in [5.41, 5.74) is 5.20. The van der Waals surface area contributed by atoms with Crippen molar-refractivity contribution in [3.63, 3.8) is 0 Å². The van der Waals surface area contributed by atoms with Crippen molar-refractivity contribution < 1.29 is 9.32 Å². The van der Waals surface area contributed by atoms with Gasteiger partial charge in [0.2, 0.25) is 5.89 Å². The van der Waals surface area contributed by atoms with Crippen molar-refractivity contribution in [3.8, 4) is 0 Å². The molecule has 2 aliphatic rings. The number of aryl methyl sites for hydroxylation is 3. The largest absolute Gasteiger partial charge is 0.339 e. The number of likely N-dealkylation sites (tertiary alicyclic amines) is 2. The number of aromatic nitrogens is 4. The number of carbonyl (C=O) groups is 1. The Balaban J connectivity index is 1.13. The molecule has 2 fully saturated rings. The van der Waals surface area contributed by atoms with Gasteiger partial charge in [-0.05, 0) is 82.0 Å². The first-order valence-electron chi connectivity index (χ1n) is 14.4. The van der Waals surface area contributed by atoms with Gasteiger partial charge in [0.1, 0.15) is 12.0 Å². The number of amides is 1. The minimum absolute atomic E-state index is 0.0367. The van der Waals surface area contributed by atoms with Gasteiger partial charge in [-0.3, -0.25) is 4.79 Å². The van der Waals surface area contributed by atoms with Crippen molar-refractivity contribution in [2.45, 2.75) is 90.5 Å². The Hall–Kier alpha value is -3.13. The van der Waals surface area contributed by atoms with E-state index in [2.05, 4.69) is 70.0 Å². The number of piperidine rings is 2.